The van der Waals surface area contributed by atoms with E-state index in [1.54, 1.807) is 0 Å². The van der Waals surface area contributed by atoms with Crippen molar-refractivity contribution in [3.63, 3.8) is 0 Å². The Hall–Kier alpha value is -1.16. The maximum atomic E-state index is 11.1. The zero-order valence-corrected chi connectivity index (χ0v) is 20.1. The molecule has 0 spiro atoms. The minimum Gasteiger partial charge on any atom is -0.507 e. The molecule has 158 valence electrons. The monoisotopic (exact) mass is 431 g/mol. The van der Waals surface area contributed by atoms with Crippen molar-refractivity contribution < 1.29 is 5.11 Å². The van der Waals surface area contributed by atoms with Crippen LogP contribution in [0.5, 0.6) is 5.75 Å². The summed E-state index contributed by atoms with van der Waals surface area (Å²) < 4.78 is 0. The van der Waals surface area contributed by atoms with Crippen molar-refractivity contribution in [2.75, 3.05) is 24.6 Å². The average Bonchev–Trinajstić information content (AvgIpc) is 2.63. The van der Waals surface area contributed by atoms with Gasteiger partial charge in [-0.25, -0.2) is 0 Å². The van der Waals surface area contributed by atoms with E-state index < -0.39 is 0 Å². The Morgan fingerprint density at radius 3 is 1.79 bits per heavy atom. The third-order valence-corrected chi connectivity index (χ3v) is 6.86. The molecule has 0 amide bonds. The number of aromatic hydroxyl groups is 1. The molecule has 1 fully saturated rings. The Morgan fingerprint density at radius 1 is 0.862 bits per heavy atom. The van der Waals surface area contributed by atoms with Gasteiger partial charge in [0, 0.05) is 29.6 Å². The molecule has 0 radical (unpaired) electrons. The van der Waals surface area contributed by atoms with E-state index in [9.17, 15) is 5.11 Å². The molecule has 1 unspecified atom stereocenters. The molecule has 1 aliphatic heterocycles. The summed E-state index contributed by atoms with van der Waals surface area (Å²) in [4.78, 5) is 2.57. The smallest absolute Gasteiger partial charge is 0.123 e. The molecule has 2 nitrogen and oxygen atoms in total. The number of hydrogen-bond donors (Lipinski definition) is 1. The summed E-state index contributed by atoms with van der Waals surface area (Å²) in [6, 6.07) is 12.9. The van der Waals surface area contributed by atoms with Crippen LogP contribution in [0.15, 0.2) is 36.4 Å². The molecular weight excluding hydrogens is 398 g/mol. The molecule has 0 saturated carbocycles. The predicted molar refractivity (Wildman–Crippen MR) is 128 cm³/mol. The number of phenols is 1. The Bertz CT molecular complexity index is 808. The van der Waals surface area contributed by atoms with Crippen molar-refractivity contribution in [3.05, 3.63) is 63.7 Å². The first-order chi connectivity index (χ1) is 13.5. The number of rotatable bonds is 3. The first-order valence-electron chi connectivity index (χ1n) is 10.4. The predicted octanol–water partition coefficient (Wildman–Crippen LogP) is 6.78. The van der Waals surface area contributed by atoms with Gasteiger partial charge >= 0.3 is 0 Å². The largest absolute Gasteiger partial charge is 0.507 e. The lowest BCUT2D eigenvalue weighted by molar-refractivity contribution is 0.249. The molecule has 3 rings (SSSR count). The summed E-state index contributed by atoms with van der Waals surface area (Å²) in [5.74, 6) is 2.75. The van der Waals surface area contributed by atoms with Gasteiger partial charge in [0.25, 0.3) is 0 Å². The van der Waals surface area contributed by atoms with Crippen LogP contribution in [0.25, 0.3) is 0 Å². The Balaban J connectivity index is 2.22. The van der Waals surface area contributed by atoms with Gasteiger partial charge in [-0.2, -0.15) is 11.8 Å². The molecule has 0 bridgehead atoms. The normalized spacial score (nSPS) is 17.3. The SMILES string of the molecule is CC(C)(C)c1cc(C(c2ccc(Cl)cc2)N2CCSCC2)cc(C(C)(C)C)c1O. The highest BCUT2D eigenvalue weighted by Gasteiger charge is 2.31. The van der Waals surface area contributed by atoms with Gasteiger partial charge in [0.2, 0.25) is 0 Å². The van der Waals surface area contributed by atoms with Crippen molar-refractivity contribution >= 4 is 23.4 Å². The van der Waals surface area contributed by atoms with Gasteiger partial charge in [-0.05, 0) is 57.3 Å². The van der Waals surface area contributed by atoms with Gasteiger partial charge in [0.15, 0.2) is 0 Å². The number of thioether (sulfide) groups is 1. The highest BCUT2D eigenvalue weighted by atomic mass is 35.5. The fourth-order valence-corrected chi connectivity index (χ4v) is 5.11. The third kappa shape index (κ3) is 5.13. The second-order valence-corrected chi connectivity index (χ2v) is 11.7. The molecular formula is C25H34ClNOS. The van der Waals surface area contributed by atoms with Gasteiger partial charge in [0.05, 0.1) is 6.04 Å². The molecule has 1 aliphatic rings. The van der Waals surface area contributed by atoms with E-state index in [2.05, 4.69) is 70.7 Å². The molecule has 1 heterocycles. The zero-order chi connectivity index (χ0) is 21.4. The molecule has 0 aliphatic carbocycles. The second kappa shape index (κ2) is 8.53. The Kier molecular flexibility index (Phi) is 6.62. The standard InChI is InChI=1S/C25H34ClNOS/c1-24(2,3)20-15-18(16-21(23(20)28)25(4,5)6)22(27-11-13-29-14-12-27)17-7-9-19(26)10-8-17/h7-10,15-16,22,28H,11-14H2,1-6H3. The minimum atomic E-state index is -0.137. The molecule has 29 heavy (non-hydrogen) atoms. The van der Waals surface area contributed by atoms with Crippen LogP contribution in [0.2, 0.25) is 5.02 Å². The first kappa shape index (κ1) is 22.5. The summed E-state index contributed by atoms with van der Waals surface area (Å²) in [7, 11) is 0. The average molecular weight is 432 g/mol. The van der Waals surface area contributed by atoms with Gasteiger partial charge < -0.3 is 5.11 Å². The fraction of sp³-hybridized carbons (Fsp3) is 0.520. The van der Waals surface area contributed by atoms with Crippen LogP contribution in [-0.2, 0) is 10.8 Å². The summed E-state index contributed by atoms with van der Waals surface area (Å²) >= 11 is 8.21. The molecule has 0 aromatic heterocycles. The Labute approximate surface area is 185 Å². The van der Waals surface area contributed by atoms with E-state index in [1.807, 2.05) is 23.9 Å². The van der Waals surface area contributed by atoms with Crippen LogP contribution < -0.4 is 0 Å². The fourth-order valence-electron chi connectivity index (χ4n) is 4.05. The van der Waals surface area contributed by atoms with Crippen molar-refractivity contribution in [3.8, 4) is 5.75 Å². The second-order valence-electron chi connectivity index (χ2n) is 10.1. The lowest BCUT2D eigenvalue weighted by Crippen LogP contribution is -2.37. The summed E-state index contributed by atoms with van der Waals surface area (Å²) in [6.07, 6.45) is 0. The maximum absolute atomic E-state index is 11.1. The topological polar surface area (TPSA) is 23.5 Å². The number of benzene rings is 2. The van der Waals surface area contributed by atoms with Crippen LogP contribution in [0.4, 0.5) is 0 Å². The van der Waals surface area contributed by atoms with Gasteiger partial charge in [0.1, 0.15) is 5.75 Å². The lowest BCUT2D eigenvalue weighted by atomic mass is 9.77. The van der Waals surface area contributed by atoms with E-state index in [0.717, 1.165) is 40.7 Å². The number of halogens is 1. The minimum absolute atomic E-state index is 0.137. The van der Waals surface area contributed by atoms with E-state index >= 15 is 0 Å². The molecule has 1 N–H and O–H groups in total. The van der Waals surface area contributed by atoms with Crippen molar-refractivity contribution in [2.24, 2.45) is 0 Å². The van der Waals surface area contributed by atoms with Crippen LogP contribution in [-0.4, -0.2) is 34.6 Å². The summed E-state index contributed by atoms with van der Waals surface area (Å²) in [5.41, 5.74) is 4.28. The van der Waals surface area contributed by atoms with E-state index in [1.165, 1.54) is 11.1 Å². The number of phenolic OH excluding ortho intramolecular Hbond substituents is 1. The van der Waals surface area contributed by atoms with E-state index in [4.69, 9.17) is 11.6 Å². The molecule has 2 aromatic rings. The van der Waals surface area contributed by atoms with Crippen molar-refractivity contribution in [2.45, 2.75) is 58.4 Å². The molecule has 2 aromatic carbocycles. The summed E-state index contributed by atoms with van der Waals surface area (Å²) in [6.45, 7) is 15.2. The van der Waals surface area contributed by atoms with Gasteiger partial charge in [-0.15, -0.1) is 0 Å². The lowest BCUT2D eigenvalue weighted by Gasteiger charge is -2.37. The maximum Gasteiger partial charge on any atom is 0.123 e. The highest BCUT2D eigenvalue weighted by molar-refractivity contribution is 7.99. The summed E-state index contributed by atoms with van der Waals surface area (Å²) in [5, 5.41) is 11.9. The molecule has 4 heteroatoms. The zero-order valence-electron chi connectivity index (χ0n) is 18.6. The first-order valence-corrected chi connectivity index (χ1v) is 12.0. The number of hydrogen-bond acceptors (Lipinski definition) is 3. The molecule has 1 atom stereocenters. The Morgan fingerprint density at radius 2 is 1.34 bits per heavy atom. The van der Waals surface area contributed by atoms with Crippen LogP contribution in [0.3, 0.4) is 0 Å². The van der Waals surface area contributed by atoms with E-state index in [-0.39, 0.29) is 16.9 Å². The van der Waals surface area contributed by atoms with Gasteiger partial charge in [-0.3, -0.25) is 4.90 Å². The van der Waals surface area contributed by atoms with E-state index in [0.29, 0.717) is 5.75 Å². The molecule has 1 saturated heterocycles. The number of nitrogens with zero attached hydrogens (tertiary/aromatic N) is 1. The van der Waals surface area contributed by atoms with Crippen LogP contribution in [0, 0.1) is 0 Å². The van der Waals surface area contributed by atoms with Gasteiger partial charge in [-0.1, -0.05) is 65.3 Å². The third-order valence-electron chi connectivity index (χ3n) is 5.66. The highest BCUT2D eigenvalue weighted by Crippen LogP contribution is 2.43. The van der Waals surface area contributed by atoms with Crippen LogP contribution >= 0.6 is 23.4 Å². The van der Waals surface area contributed by atoms with Crippen molar-refractivity contribution in [1.29, 1.82) is 0 Å². The van der Waals surface area contributed by atoms with Crippen molar-refractivity contribution in [1.82, 2.24) is 4.90 Å². The quantitative estimate of drug-likeness (QED) is 0.579. The van der Waals surface area contributed by atoms with Crippen LogP contribution in [0.1, 0.15) is 69.8 Å².